The molecule has 0 fully saturated rings. The molecular formula is C13H14F3NO5. The highest BCUT2D eigenvalue weighted by Gasteiger charge is 2.40. The zero-order valence-corrected chi connectivity index (χ0v) is 11.2. The van der Waals surface area contributed by atoms with Gasteiger partial charge in [-0.05, 0) is 37.0 Å². The molecule has 0 aliphatic heterocycles. The van der Waals surface area contributed by atoms with Gasteiger partial charge in [0.2, 0.25) is 0 Å². The number of alkyl halides is 3. The molecule has 0 aliphatic rings. The van der Waals surface area contributed by atoms with E-state index >= 15 is 0 Å². The number of carboxylic acids is 1. The van der Waals surface area contributed by atoms with Crippen LogP contribution in [0.3, 0.4) is 0 Å². The third kappa shape index (κ3) is 5.15. The van der Waals surface area contributed by atoms with Crippen LogP contribution in [-0.4, -0.2) is 39.4 Å². The summed E-state index contributed by atoms with van der Waals surface area (Å²) in [6.07, 6.45) is -4.92. The smallest absolute Gasteiger partial charge is 0.471 e. The number of carbonyl (C=O) groups is 2. The number of nitrogens with one attached hydrogen (secondary N) is 1. The number of amides is 1. The van der Waals surface area contributed by atoms with Gasteiger partial charge in [-0.3, -0.25) is 4.79 Å². The van der Waals surface area contributed by atoms with E-state index in [1.807, 2.05) is 0 Å². The molecule has 22 heavy (non-hydrogen) atoms. The molecular weight excluding hydrogens is 307 g/mol. The SMILES string of the molecule is O=C(O)C(CCCc1ccc(O)c(O)c1)NC(=O)C(F)(F)F. The van der Waals surface area contributed by atoms with E-state index in [4.69, 9.17) is 10.2 Å². The Labute approximate surface area is 123 Å². The molecule has 1 amide bonds. The molecule has 1 unspecified atom stereocenters. The minimum Gasteiger partial charge on any atom is -0.504 e. The zero-order valence-electron chi connectivity index (χ0n) is 11.2. The van der Waals surface area contributed by atoms with Crippen molar-refractivity contribution in [1.82, 2.24) is 5.32 Å². The minimum absolute atomic E-state index is 0.166. The summed E-state index contributed by atoms with van der Waals surface area (Å²) in [6.45, 7) is 0. The molecule has 0 aliphatic carbocycles. The average molecular weight is 321 g/mol. The highest BCUT2D eigenvalue weighted by atomic mass is 19.4. The number of hydrogen-bond acceptors (Lipinski definition) is 4. The largest absolute Gasteiger partial charge is 0.504 e. The molecule has 4 N–H and O–H groups in total. The van der Waals surface area contributed by atoms with Gasteiger partial charge in [0.1, 0.15) is 6.04 Å². The summed E-state index contributed by atoms with van der Waals surface area (Å²) in [7, 11) is 0. The molecule has 1 aromatic carbocycles. The van der Waals surface area contributed by atoms with Crippen LogP contribution in [0, 0.1) is 0 Å². The van der Waals surface area contributed by atoms with Gasteiger partial charge in [0.15, 0.2) is 11.5 Å². The molecule has 0 aromatic heterocycles. The van der Waals surface area contributed by atoms with Crippen molar-refractivity contribution in [2.24, 2.45) is 0 Å². The molecule has 0 saturated carbocycles. The molecule has 0 radical (unpaired) electrons. The number of benzene rings is 1. The van der Waals surface area contributed by atoms with Crippen molar-refractivity contribution in [3.05, 3.63) is 23.8 Å². The first-order chi connectivity index (χ1) is 10.1. The van der Waals surface area contributed by atoms with Crippen LogP contribution in [0.15, 0.2) is 18.2 Å². The van der Waals surface area contributed by atoms with E-state index in [1.165, 1.54) is 23.5 Å². The number of aryl methyl sites for hydroxylation is 1. The highest BCUT2D eigenvalue weighted by Crippen LogP contribution is 2.25. The summed E-state index contributed by atoms with van der Waals surface area (Å²) in [5.74, 6) is -4.53. The van der Waals surface area contributed by atoms with Crippen LogP contribution in [0.1, 0.15) is 18.4 Å². The van der Waals surface area contributed by atoms with Crippen LogP contribution >= 0.6 is 0 Å². The van der Waals surface area contributed by atoms with Crippen molar-refractivity contribution in [3.63, 3.8) is 0 Å². The Hall–Kier alpha value is -2.45. The van der Waals surface area contributed by atoms with Crippen LogP contribution in [0.4, 0.5) is 13.2 Å². The van der Waals surface area contributed by atoms with E-state index in [1.54, 1.807) is 0 Å². The van der Waals surface area contributed by atoms with Gasteiger partial charge in [0.25, 0.3) is 0 Å². The monoisotopic (exact) mass is 321 g/mol. The predicted molar refractivity (Wildman–Crippen MR) is 68.3 cm³/mol. The summed E-state index contributed by atoms with van der Waals surface area (Å²) in [5, 5.41) is 28.6. The Bertz CT molecular complexity index is 559. The van der Waals surface area contributed by atoms with Gasteiger partial charge in [-0.25, -0.2) is 4.79 Å². The third-order valence-corrected chi connectivity index (χ3v) is 2.86. The highest BCUT2D eigenvalue weighted by molar-refractivity contribution is 5.86. The van der Waals surface area contributed by atoms with E-state index in [9.17, 15) is 27.9 Å². The lowest BCUT2D eigenvalue weighted by molar-refractivity contribution is -0.175. The number of phenols is 2. The Morgan fingerprint density at radius 1 is 1.18 bits per heavy atom. The molecule has 1 aromatic rings. The van der Waals surface area contributed by atoms with Crippen LogP contribution in [-0.2, 0) is 16.0 Å². The van der Waals surface area contributed by atoms with Crippen LogP contribution in [0.25, 0.3) is 0 Å². The normalized spacial score (nSPS) is 12.7. The van der Waals surface area contributed by atoms with Gasteiger partial charge in [-0.15, -0.1) is 0 Å². The van der Waals surface area contributed by atoms with Gasteiger partial charge in [0, 0.05) is 0 Å². The molecule has 1 rings (SSSR count). The first-order valence-corrected chi connectivity index (χ1v) is 6.22. The maximum Gasteiger partial charge on any atom is 0.471 e. The quantitative estimate of drug-likeness (QED) is 0.595. The fourth-order valence-corrected chi connectivity index (χ4v) is 1.73. The lowest BCUT2D eigenvalue weighted by atomic mass is 10.0. The molecule has 0 saturated heterocycles. The molecule has 0 spiro atoms. The van der Waals surface area contributed by atoms with Crippen molar-refractivity contribution in [3.8, 4) is 11.5 Å². The van der Waals surface area contributed by atoms with Crippen molar-refractivity contribution in [2.45, 2.75) is 31.5 Å². The van der Waals surface area contributed by atoms with Crippen LogP contribution in [0.5, 0.6) is 11.5 Å². The summed E-state index contributed by atoms with van der Waals surface area (Å²) in [6, 6.07) is 2.34. The first-order valence-electron chi connectivity index (χ1n) is 6.22. The van der Waals surface area contributed by atoms with E-state index in [2.05, 4.69) is 0 Å². The Morgan fingerprint density at radius 2 is 1.82 bits per heavy atom. The number of phenolic OH excluding ortho intramolecular Hbond substituents is 2. The summed E-state index contributed by atoms with van der Waals surface area (Å²) >= 11 is 0. The fourth-order valence-electron chi connectivity index (χ4n) is 1.73. The van der Waals surface area contributed by atoms with Crippen molar-refractivity contribution >= 4 is 11.9 Å². The summed E-state index contributed by atoms with van der Waals surface area (Å²) in [5.41, 5.74) is 0.571. The Kier molecular flexibility index (Phi) is 5.61. The van der Waals surface area contributed by atoms with E-state index in [0.717, 1.165) is 0 Å². The van der Waals surface area contributed by atoms with Gasteiger partial charge >= 0.3 is 18.1 Å². The lowest BCUT2D eigenvalue weighted by Crippen LogP contribution is -2.46. The second kappa shape index (κ2) is 7.01. The molecule has 0 bridgehead atoms. The van der Waals surface area contributed by atoms with Gasteiger partial charge < -0.3 is 20.6 Å². The summed E-state index contributed by atoms with van der Waals surface area (Å²) < 4.78 is 36.3. The minimum atomic E-state index is -5.14. The van der Waals surface area contributed by atoms with Gasteiger partial charge in [-0.1, -0.05) is 6.07 Å². The van der Waals surface area contributed by atoms with E-state index in [0.29, 0.717) is 5.56 Å². The van der Waals surface area contributed by atoms with Crippen LogP contribution in [0.2, 0.25) is 0 Å². The lowest BCUT2D eigenvalue weighted by Gasteiger charge is -2.15. The summed E-state index contributed by atoms with van der Waals surface area (Å²) in [4.78, 5) is 21.6. The second-order valence-corrected chi connectivity index (χ2v) is 4.58. The number of hydrogen-bond donors (Lipinski definition) is 4. The Balaban J connectivity index is 2.56. The average Bonchev–Trinajstić information content (AvgIpc) is 2.40. The molecule has 6 nitrogen and oxygen atoms in total. The van der Waals surface area contributed by atoms with Gasteiger partial charge in [-0.2, -0.15) is 13.2 Å². The first kappa shape index (κ1) is 17.6. The standard InChI is InChI=1S/C13H14F3NO5/c14-13(15,16)12(22)17-8(11(20)21)3-1-2-7-4-5-9(18)10(19)6-7/h4-6,8,18-19H,1-3H2,(H,17,22)(H,20,21). The zero-order chi connectivity index (χ0) is 16.9. The maximum atomic E-state index is 12.1. The van der Waals surface area contributed by atoms with Crippen molar-refractivity contribution < 1.29 is 38.1 Å². The number of aliphatic carboxylic acids is 1. The fraction of sp³-hybridized carbons (Fsp3) is 0.385. The number of halogens is 3. The number of aromatic hydroxyl groups is 2. The third-order valence-electron chi connectivity index (χ3n) is 2.86. The van der Waals surface area contributed by atoms with Crippen LogP contribution < -0.4 is 5.32 Å². The number of rotatable bonds is 6. The van der Waals surface area contributed by atoms with E-state index in [-0.39, 0.29) is 30.8 Å². The molecule has 0 heterocycles. The molecule has 9 heteroatoms. The Morgan fingerprint density at radius 3 is 2.32 bits per heavy atom. The maximum absolute atomic E-state index is 12.1. The molecule has 122 valence electrons. The van der Waals surface area contributed by atoms with Gasteiger partial charge in [0.05, 0.1) is 0 Å². The number of carboxylic acid groups (broad SMARTS) is 1. The van der Waals surface area contributed by atoms with Crippen molar-refractivity contribution in [1.29, 1.82) is 0 Å². The molecule has 1 atom stereocenters. The second-order valence-electron chi connectivity index (χ2n) is 4.58. The van der Waals surface area contributed by atoms with Crippen molar-refractivity contribution in [2.75, 3.05) is 0 Å². The number of carbonyl (C=O) groups excluding carboxylic acids is 1. The topological polar surface area (TPSA) is 107 Å². The predicted octanol–water partition coefficient (Wildman–Crippen LogP) is 1.55. The van der Waals surface area contributed by atoms with E-state index < -0.39 is 24.1 Å².